The molecular formula is C18H14F3N3O3. The van der Waals surface area contributed by atoms with Gasteiger partial charge in [0.15, 0.2) is 5.76 Å². The van der Waals surface area contributed by atoms with Gasteiger partial charge in [0.05, 0.1) is 11.8 Å². The van der Waals surface area contributed by atoms with Crippen LogP contribution in [-0.4, -0.2) is 27.5 Å². The Hall–Kier alpha value is -3.10. The van der Waals surface area contributed by atoms with Crippen LogP contribution in [0.3, 0.4) is 0 Å². The number of hydrogen-bond acceptors (Lipinski definition) is 5. The molecule has 1 saturated heterocycles. The Morgan fingerprint density at radius 2 is 2.07 bits per heavy atom. The SMILES string of the molecule is O=C(c1ccco1)N1CCCC1c1nc(-c2cccc(C(F)(F)F)c2)no1. The molecule has 0 saturated carbocycles. The molecule has 0 radical (unpaired) electrons. The van der Waals surface area contributed by atoms with E-state index in [1.165, 1.54) is 18.4 Å². The molecule has 0 N–H and O–H groups in total. The molecule has 1 atom stereocenters. The van der Waals surface area contributed by atoms with E-state index in [0.29, 0.717) is 13.0 Å². The van der Waals surface area contributed by atoms with Crippen molar-refractivity contribution in [3.05, 3.63) is 59.9 Å². The van der Waals surface area contributed by atoms with Crippen LogP contribution in [0, 0.1) is 0 Å². The van der Waals surface area contributed by atoms with Gasteiger partial charge in [-0.2, -0.15) is 18.2 Å². The van der Waals surface area contributed by atoms with Crippen molar-refractivity contribution in [2.75, 3.05) is 6.54 Å². The van der Waals surface area contributed by atoms with Crippen molar-refractivity contribution in [3.63, 3.8) is 0 Å². The van der Waals surface area contributed by atoms with Crippen molar-refractivity contribution in [1.82, 2.24) is 15.0 Å². The van der Waals surface area contributed by atoms with Crippen LogP contribution in [0.4, 0.5) is 13.2 Å². The monoisotopic (exact) mass is 377 g/mol. The summed E-state index contributed by atoms with van der Waals surface area (Å²) in [7, 11) is 0. The number of amides is 1. The fourth-order valence-corrected chi connectivity index (χ4v) is 3.13. The number of halogens is 3. The Bertz CT molecular complexity index is 950. The molecular weight excluding hydrogens is 363 g/mol. The summed E-state index contributed by atoms with van der Waals surface area (Å²) in [5, 5.41) is 3.80. The molecule has 1 unspecified atom stereocenters. The van der Waals surface area contributed by atoms with E-state index in [1.54, 1.807) is 17.0 Å². The first kappa shape index (κ1) is 17.3. The van der Waals surface area contributed by atoms with Gasteiger partial charge in [0.25, 0.3) is 5.91 Å². The number of alkyl halides is 3. The number of carbonyl (C=O) groups is 1. The smallest absolute Gasteiger partial charge is 0.416 e. The minimum atomic E-state index is -4.46. The number of likely N-dealkylation sites (tertiary alicyclic amines) is 1. The van der Waals surface area contributed by atoms with E-state index in [-0.39, 0.29) is 28.9 Å². The van der Waals surface area contributed by atoms with Crippen LogP contribution < -0.4 is 0 Å². The van der Waals surface area contributed by atoms with Crippen LogP contribution >= 0.6 is 0 Å². The van der Waals surface area contributed by atoms with E-state index in [9.17, 15) is 18.0 Å². The Morgan fingerprint density at radius 1 is 1.22 bits per heavy atom. The Labute approximate surface area is 151 Å². The van der Waals surface area contributed by atoms with Crippen LogP contribution in [0.2, 0.25) is 0 Å². The summed E-state index contributed by atoms with van der Waals surface area (Å²) in [6.45, 7) is 0.505. The molecule has 1 aliphatic heterocycles. The molecule has 1 aromatic carbocycles. The van der Waals surface area contributed by atoms with Gasteiger partial charge in [-0.05, 0) is 37.1 Å². The zero-order valence-electron chi connectivity index (χ0n) is 13.9. The maximum atomic E-state index is 12.9. The summed E-state index contributed by atoms with van der Waals surface area (Å²) in [4.78, 5) is 18.3. The second-order valence-corrected chi connectivity index (χ2v) is 6.17. The van der Waals surface area contributed by atoms with E-state index >= 15 is 0 Å². The molecule has 0 spiro atoms. The third-order valence-corrected chi connectivity index (χ3v) is 4.42. The summed E-state index contributed by atoms with van der Waals surface area (Å²) in [5.74, 6) is 0.161. The summed E-state index contributed by atoms with van der Waals surface area (Å²) >= 11 is 0. The Balaban J connectivity index is 1.60. The topological polar surface area (TPSA) is 72.4 Å². The van der Waals surface area contributed by atoms with Gasteiger partial charge in [-0.25, -0.2) is 0 Å². The highest BCUT2D eigenvalue weighted by Crippen LogP contribution is 2.35. The number of benzene rings is 1. The number of nitrogens with zero attached hydrogens (tertiary/aromatic N) is 3. The van der Waals surface area contributed by atoms with Gasteiger partial charge in [0.1, 0.15) is 6.04 Å². The number of aromatic nitrogens is 2. The molecule has 27 heavy (non-hydrogen) atoms. The third-order valence-electron chi connectivity index (χ3n) is 4.42. The molecule has 1 fully saturated rings. The van der Waals surface area contributed by atoms with Crippen molar-refractivity contribution in [1.29, 1.82) is 0 Å². The lowest BCUT2D eigenvalue weighted by molar-refractivity contribution is -0.137. The molecule has 1 aliphatic rings. The fraction of sp³-hybridized carbons (Fsp3) is 0.278. The second kappa shape index (κ2) is 6.57. The van der Waals surface area contributed by atoms with E-state index in [1.807, 2.05) is 0 Å². The van der Waals surface area contributed by atoms with Gasteiger partial charge in [-0.1, -0.05) is 17.3 Å². The number of furan rings is 1. The molecule has 3 aromatic rings. The predicted molar refractivity (Wildman–Crippen MR) is 86.5 cm³/mol. The van der Waals surface area contributed by atoms with Gasteiger partial charge >= 0.3 is 6.18 Å². The minimum absolute atomic E-state index is 0.0494. The molecule has 0 bridgehead atoms. The third kappa shape index (κ3) is 3.32. The Kier molecular flexibility index (Phi) is 4.21. The van der Waals surface area contributed by atoms with Crippen LogP contribution in [0.15, 0.2) is 51.6 Å². The maximum Gasteiger partial charge on any atom is 0.416 e. The highest BCUT2D eigenvalue weighted by atomic mass is 19.4. The summed E-state index contributed by atoms with van der Waals surface area (Å²) in [5.41, 5.74) is -0.594. The van der Waals surface area contributed by atoms with Gasteiger partial charge in [-0.3, -0.25) is 4.79 Å². The van der Waals surface area contributed by atoms with Crippen LogP contribution in [0.5, 0.6) is 0 Å². The lowest BCUT2D eigenvalue weighted by atomic mass is 10.1. The molecule has 0 aliphatic carbocycles. The molecule has 1 amide bonds. The van der Waals surface area contributed by atoms with Gasteiger partial charge in [0.2, 0.25) is 11.7 Å². The van der Waals surface area contributed by atoms with Crippen LogP contribution in [-0.2, 0) is 6.18 Å². The largest absolute Gasteiger partial charge is 0.459 e. The second-order valence-electron chi connectivity index (χ2n) is 6.17. The van der Waals surface area contributed by atoms with Crippen molar-refractivity contribution in [2.45, 2.75) is 25.1 Å². The van der Waals surface area contributed by atoms with Gasteiger partial charge < -0.3 is 13.8 Å². The molecule has 9 heteroatoms. The van der Waals surface area contributed by atoms with E-state index in [0.717, 1.165) is 18.6 Å². The first-order valence-electron chi connectivity index (χ1n) is 8.29. The lowest BCUT2D eigenvalue weighted by Gasteiger charge is -2.20. The average Bonchev–Trinajstić information content (AvgIpc) is 3.41. The Morgan fingerprint density at radius 3 is 2.81 bits per heavy atom. The zero-order valence-corrected chi connectivity index (χ0v) is 13.9. The van der Waals surface area contributed by atoms with E-state index in [4.69, 9.17) is 8.94 Å². The molecule has 2 aromatic heterocycles. The van der Waals surface area contributed by atoms with Crippen molar-refractivity contribution in [2.24, 2.45) is 0 Å². The number of carbonyl (C=O) groups excluding carboxylic acids is 1. The quantitative estimate of drug-likeness (QED) is 0.680. The molecule has 4 rings (SSSR count). The van der Waals surface area contributed by atoms with Gasteiger partial charge in [-0.15, -0.1) is 0 Å². The standard InChI is InChI=1S/C18H14F3N3O3/c19-18(20,21)12-5-1-4-11(10-12)15-22-16(27-23-15)13-6-2-8-24(13)17(25)14-7-3-9-26-14/h1,3-5,7,9-10,13H,2,6,8H2. The lowest BCUT2D eigenvalue weighted by Crippen LogP contribution is -2.30. The highest BCUT2D eigenvalue weighted by Gasteiger charge is 2.36. The fourth-order valence-electron chi connectivity index (χ4n) is 3.13. The number of rotatable bonds is 3. The maximum absolute atomic E-state index is 12.9. The number of hydrogen-bond donors (Lipinski definition) is 0. The van der Waals surface area contributed by atoms with Crippen molar-refractivity contribution in [3.8, 4) is 11.4 Å². The van der Waals surface area contributed by atoms with Crippen molar-refractivity contribution < 1.29 is 26.9 Å². The summed E-state index contributed by atoms with van der Waals surface area (Å²) < 4.78 is 49.1. The predicted octanol–water partition coefficient (Wildman–Crippen LogP) is 4.33. The zero-order chi connectivity index (χ0) is 19.0. The normalized spacial score (nSPS) is 17.4. The summed E-state index contributed by atoms with van der Waals surface area (Å²) in [6.07, 6.45) is -1.67. The minimum Gasteiger partial charge on any atom is -0.459 e. The van der Waals surface area contributed by atoms with E-state index in [2.05, 4.69) is 10.1 Å². The first-order chi connectivity index (χ1) is 12.9. The van der Waals surface area contributed by atoms with Crippen molar-refractivity contribution >= 4 is 5.91 Å². The molecule has 140 valence electrons. The molecule has 3 heterocycles. The summed E-state index contributed by atoms with van der Waals surface area (Å²) in [6, 6.07) is 7.46. The first-order valence-corrected chi connectivity index (χ1v) is 8.29. The van der Waals surface area contributed by atoms with Crippen LogP contribution in [0.25, 0.3) is 11.4 Å². The average molecular weight is 377 g/mol. The van der Waals surface area contributed by atoms with Gasteiger partial charge in [0, 0.05) is 12.1 Å². The van der Waals surface area contributed by atoms with E-state index < -0.39 is 17.8 Å². The highest BCUT2D eigenvalue weighted by molar-refractivity contribution is 5.91. The molecule has 6 nitrogen and oxygen atoms in total. The van der Waals surface area contributed by atoms with Crippen LogP contribution in [0.1, 0.15) is 40.9 Å².